The number of nitrogens with one attached hydrogen (secondary N) is 2. The van der Waals surface area contributed by atoms with Gasteiger partial charge in [0.1, 0.15) is 35.2 Å². The maximum Gasteiger partial charge on any atom is 0.490 e. The number of ether oxygens (including phenoxy) is 1. The Labute approximate surface area is 399 Å². The van der Waals surface area contributed by atoms with Gasteiger partial charge >= 0.3 is 29.4 Å². The fourth-order valence-corrected chi connectivity index (χ4v) is 11.1. The van der Waals surface area contributed by atoms with Gasteiger partial charge in [0.25, 0.3) is 5.91 Å². The molecule has 5 unspecified atom stereocenters. The molecule has 2 aliphatic heterocycles. The number of aliphatic hydroxyl groups is 1. The number of nitrogens with zero attached hydrogens (tertiary/aromatic N) is 4. The number of anilines is 2. The standard InChI is InChI=1S/C44H50N7O16P3/c1-5-46-33-19-36-31(15-24(33)3)39(32-16-25(4)34(47-6-2)20-37(32)65-36)29-13-12-26(17-30(29)44(54)55)42(53)48-14-10-8-7-9-11-27-21-51(41-38(27)40(45)49-23-50-41)43-35(52)18-28(64-43)22-63-69(59,60)67-70(61,62)66-68(56,57)58/h12-13,15-17,19-21,23,28,35,43,46,52H,5-8,10,14,18,22H2,1-4H3,(H,48,53)(H,54,55)(H,59,60)(H,61,62)(H2,45,49,50)(H2,56,57,58). The maximum atomic E-state index is 13.4. The zero-order valence-electron chi connectivity index (χ0n) is 38.1. The monoisotopic (exact) mass is 1030 g/mol. The summed E-state index contributed by atoms with van der Waals surface area (Å²) in [5.41, 5.74) is 12.0. The molecule has 1 fully saturated rings. The van der Waals surface area contributed by atoms with Gasteiger partial charge in [0.05, 0.1) is 34.6 Å². The Morgan fingerprint density at radius 2 is 1.76 bits per heavy atom. The van der Waals surface area contributed by atoms with Crippen molar-refractivity contribution in [1.82, 2.24) is 19.9 Å². The number of carboxylic acid groups (broad SMARTS) is 1. The van der Waals surface area contributed by atoms with Gasteiger partial charge in [0, 0.05) is 78.6 Å². The minimum absolute atomic E-state index is 0.0581. The van der Waals surface area contributed by atoms with Crippen LogP contribution in [0.25, 0.3) is 44.5 Å². The van der Waals surface area contributed by atoms with Crippen molar-refractivity contribution in [2.24, 2.45) is 4.99 Å². The summed E-state index contributed by atoms with van der Waals surface area (Å²) in [6.45, 7) is 8.60. The Kier molecular flexibility index (Phi) is 15.8. The van der Waals surface area contributed by atoms with Crippen molar-refractivity contribution in [2.75, 3.05) is 37.3 Å². The van der Waals surface area contributed by atoms with E-state index in [1.807, 2.05) is 52.0 Å². The van der Waals surface area contributed by atoms with Crippen LogP contribution < -0.4 is 21.7 Å². The first-order valence-electron chi connectivity index (χ1n) is 21.7. The molecule has 2 aromatic heterocycles. The number of hydrogen-bond acceptors (Lipinski definition) is 16. The van der Waals surface area contributed by atoms with Crippen molar-refractivity contribution in [2.45, 2.75) is 71.8 Å². The number of phosphoric acid groups is 3. The number of aromatic nitrogens is 3. The molecule has 3 aliphatic rings. The summed E-state index contributed by atoms with van der Waals surface area (Å²) in [7, 11) is -16.8. The minimum atomic E-state index is -5.74. The van der Waals surface area contributed by atoms with Crippen LogP contribution in [0.15, 0.2) is 64.4 Å². The molecule has 2 aromatic carbocycles. The molecule has 26 heteroatoms. The molecule has 0 saturated carbocycles. The highest BCUT2D eigenvalue weighted by molar-refractivity contribution is 7.66. The molecule has 372 valence electrons. The third-order valence-corrected chi connectivity index (χ3v) is 14.8. The second kappa shape index (κ2) is 21.3. The van der Waals surface area contributed by atoms with E-state index in [4.69, 9.17) is 24.7 Å². The number of benzene rings is 3. The van der Waals surface area contributed by atoms with Crippen LogP contribution in [0.5, 0.6) is 0 Å². The molecule has 1 aliphatic carbocycles. The van der Waals surface area contributed by atoms with Crippen molar-refractivity contribution in [3.63, 3.8) is 0 Å². The van der Waals surface area contributed by atoms with Crippen LogP contribution in [0.2, 0.25) is 0 Å². The van der Waals surface area contributed by atoms with Crippen LogP contribution >= 0.6 is 23.5 Å². The van der Waals surface area contributed by atoms with Crippen LogP contribution in [0, 0.1) is 25.7 Å². The van der Waals surface area contributed by atoms with E-state index in [-0.39, 0.29) is 35.6 Å². The Bertz CT molecular complexity index is 3250. The van der Waals surface area contributed by atoms with E-state index in [0.717, 1.165) is 22.2 Å². The van der Waals surface area contributed by atoms with Crippen LogP contribution in [-0.4, -0.2) is 94.6 Å². The normalized spacial score (nSPS) is 18.1. The average Bonchev–Trinajstić information content (AvgIpc) is 3.84. The summed E-state index contributed by atoms with van der Waals surface area (Å²) in [5.74, 6) is 5.04. The number of hydrogen-bond donors (Lipinski definition) is 9. The average molecular weight is 1030 g/mol. The molecular formula is C44H50N7O16P3. The van der Waals surface area contributed by atoms with Crippen molar-refractivity contribution < 1.29 is 75.4 Å². The number of phosphoric ester groups is 1. The predicted octanol–water partition coefficient (Wildman–Crippen LogP) is 6.14. The van der Waals surface area contributed by atoms with Crippen LogP contribution in [0.1, 0.15) is 83.2 Å². The highest BCUT2D eigenvalue weighted by Crippen LogP contribution is 2.66. The number of unbranched alkanes of at least 4 members (excludes halogenated alkanes) is 2. The number of aromatic carboxylic acids is 1. The van der Waals surface area contributed by atoms with Gasteiger partial charge < -0.3 is 59.9 Å². The molecule has 7 rings (SSSR count). The summed E-state index contributed by atoms with van der Waals surface area (Å²) in [6.07, 6.45) is 0.522. The molecule has 0 radical (unpaired) electrons. The highest BCUT2D eigenvalue weighted by atomic mass is 31.3. The SMILES string of the molecule is CCN=c1cc2oc3cc(NCC)c(C)cc3c(-c3ccc(C(=O)NCCCCC#Cc4cn(C5OC(COP(=O)(O)OP(=O)(O)OP(=O)(O)O)CC5O)c5ncnc(N)c45)cc3C(=O)O)c-2cc1C. The van der Waals surface area contributed by atoms with Gasteiger partial charge in [0.15, 0.2) is 6.23 Å². The second-order valence-corrected chi connectivity index (χ2v) is 20.5. The van der Waals surface area contributed by atoms with Gasteiger partial charge in [-0.1, -0.05) is 17.9 Å². The minimum Gasteiger partial charge on any atom is -0.478 e. The summed E-state index contributed by atoms with van der Waals surface area (Å²) < 4.78 is 60.7. The zero-order chi connectivity index (χ0) is 50.7. The molecule has 70 heavy (non-hydrogen) atoms. The molecule has 0 spiro atoms. The number of carbonyl (C=O) groups is 2. The number of aliphatic hydroxyl groups excluding tert-OH is 1. The molecular weight excluding hydrogens is 975 g/mol. The second-order valence-electron chi connectivity index (χ2n) is 16.1. The molecule has 0 bridgehead atoms. The number of carboxylic acids is 1. The van der Waals surface area contributed by atoms with E-state index in [9.17, 15) is 43.3 Å². The van der Waals surface area contributed by atoms with E-state index in [2.05, 4.69) is 50.6 Å². The largest absolute Gasteiger partial charge is 0.490 e. The lowest BCUT2D eigenvalue weighted by Gasteiger charge is -2.19. The fraction of sp³-hybridized carbons (Fsp3) is 0.341. The van der Waals surface area contributed by atoms with Crippen molar-refractivity contribution in [3.8, 4) is 34.3 Å². The van der Waals surface area contributed by atoms with E-state index in [0.29, 0.717) is 76.7 Å². The Morgan fingerprint density at radius 1 is 0.986 bits per heavy atom. The number of aryl methyl sites for hydroxylation is 2. The molecule has 1 saturated heterocycles. The van der Waals surface area contributed by atoms with E-state index < -0.39 is 60.4 Å². The van der Waals surface area contributed by atoms with E-state index in [1.54, 1.807) is 12.1 Å². The first-order valence-corrected chi connectivity index (χ1v) is 26.2. The molecule has 4 aromatic rings. The van der Waals surface area contributed by atoms with Crippen LogP contribution in [0.3, 0.4) is 0 Å². The van der Waals surface area contributed by atoms with Crippen molar-refractivity contribution >= 4 is 68.9 Å². The number of amides is 1. The van der Waals surface area contributed by atoms with Crippen LogP contribution in [-0.2, 0) is 31.6 Å². The quantitative estimate of drug-likeness (QED) is 0.0202. The Hall–Kier alpha value is -5.82. The van der Waals surface area contributed by atoms with Gasteiger partial charge in [-0.05, 0) is 81.5 Å². The number of carbonyl (C=O) groups excluding carboxylic acids is 1. The first kappa shape index (κ1) is 52.0. The number of nitrogens with two attached hydrogens (primary N) is 1. The lowest BCUT2D eigenvalue weighted by molar-refractivity contribution is -0.0478. The van der Waals surface area contributed by atoms with Gasteiger partial charge in [-0.3, -0.25) is 14.3 Å². The summed E-state index contributed by atoms with van der Waals surface area (Å²) in [4.78, 5) is 76.0. The molecule has 5 atom stereocenters. The Morgan fingerprint density at radius 3 is 2.47 bits per heavy atom. The smallest absolute Gasteiger partial charge is 0.478 e. The van der Waals surface area contributed by atoms with Gasteiger partial charge in [-0.2, -0.15) is 8.62 Å². The van der Waals surface area contributed by atoms with Crippen molar-refractivity contribution in [3.05, 3.63) is 88.2 Å². The van der Waals surface area contributed by atoms with Gasteiger partial charge in [-0.15, -0.1) is 0 Å². The third kappa shape index (κ3) is 12.0. The van der Waals surface area contributed by atoms with Gasteiger partial charge in [-0.25, -0.2) is 28.5 Å². The summed E-state index contributed by atoms with van der Waals surface area (Å²) in [6, 6.07) is 12.3. The molecule has 10 N–H and O–H groups in total. The topological polar surface area (TPSA) is 350 Å². The number of nitrogen functional groups attached to an aromatic ring is 1. The van der Waals surface area contributed by atoms with Crippen LogP contribution in [0.4, 0.5) is 11.5 Å². The maximum absolute atomic E-state index is 13.4. The van der Waals surface area contributed by atoms with E-state index in [1.165, 1.54) is 23.2 Å². The highest BCUT2D eigenvalue weighted by Gasteiger charge is 2.43. The first-order chi connectivity index (χ1) is 33.1. The fourth-order valence-electron chi connectivity index (χ4n) is 8.05. The molecule has 1 amide bonds. The number of rotatable bonds is 18. The third-order valence-electron chi connectivity index (χ3n) is 11.0. The predicted molar refractivity (Wildman–Crippen MR) is 254 cm³/mol. The lowest BCUT2D eigenvalue weighted by atomic mass is 9.88. The molecule has 23 nitrogen and oxygen atoms in total. The lowest BCUT2D eigenvalue weighted by Crippen LogP contribution is -2.24. The Balaban J connectivity index is 1.01. The van der Waals surface area contributed by atoms with Crippen molar-refractivity contribution in [1.29, 1.82) is 0 Å². The summed E-state index contributed by atoms with van der Waals surface area (Å²) in [5, 5.41) is 29.5. The molecule has 4 heterocycles. The van der Waals surface area contributed by atoms with E-state index >= 15 is 0 Å². The van der Waals surface area contributed by atoms with Gasteiger partial charge in [0.2, 0.25) is 0 Å². The zero-order valence-corrected chi connectivity index (χ0v) is 40.7. The number of fused-ring (bicyclic) bond motifs is 3. The summed E-state index contributed by atoms with van der Waals surface area (Å²) >= 11 is 0.